The number of nitrogens with two attached hydrogens (primary N) is 1. The van der Waals surface area contributed by atoms with E-state index < -0.39 is 5.78 Å². The van der Waals surface area contributed by atoms with Crippen LogP contribution >= 0.6 is 0 Å². The van der Waals surface area contributed by atoms with Gasteiger partial charge in [-0.25, -0.2) is 0 Å². The fourth-order valence-corrected chi connectivity index (χ4v) is 0.198. The van der Waals surface area contributed by atoms with Crippen molar-refractivity contribution in [2.24, 2.45) is 10.9 Å². The molecule has 42 valence electrons. The summed E-state index contributed by atoms with van der Waals surface area (Å²) >= 11 is 0. The molecule has 0 spiro atoms. The summed E-state index contributed by atoms with van der Waals surface area (Å²) in [5.41, 5.74) is -0.245. The van der Waals surface area contributed by atoms with Crippen LogP contribution in [0, 0.1) is 11.3 Å². The minimum Gasteiger partial charge on any atom is -0.322 e. The van der Waals surface area contributed by atoms with E-state index in [1.807, 2.05) is 0 Å². The quantitative estimate of drug-likeness (QED) is 0.279. The van der Waals surface area contributed by atoms with Crippen molar-refractivity contribution in [2.45, 2.75) is 6.92 Å². The fraction of sp³-hybridized carbons (Fsp3) is 0.250. The van der Waals surface area contributed by atoms with Crippen LogP contribution in [-0.4, -0.2) is 11.5 Å². The molecule has 0 bridgehead atoms. The Kier molecular flexibility index (Phi) is 2.28. The number of hydrazone groups is 1. The molecule has 0 heterocycles. The number of carbonyl (C=O) groups excluding carboxylic acids is 1. The second kappa shape index (κ2) is 2.75. The maximum atomic E-state index is 10.2. The fourth-order valence-electron chi connectivity index (χ4n) is 0.198. The zero-order valence-corrected chi connectivity index (χ0v) is 4.38. The Morgan fingerprint density at radius 3 is 2.38 bits per heavy atom. The van der Waals surface area contributed by atoms with E-state index in [-0.39, 0.29) is 5.71 Å². The average Bonchev–Trinajstić information content (AvgIpc) is 1.69. The van der Waals surface area contributed by atoms with Crippen molar-refractivity contribution >= 4 is 11.5 Å². The maximum Gasteiger partial charge on any atom is 0.202 e. The first kappa shape index (κ1) is 6.63. The zero-order valence-electron chi connectivity index (χ0n) is 4.38. The summed E-state index contributed by atoms with van der Waals surface area (Å²) in [5.74, 6) is 4.22. The highest BCUT2D eigenvalue weighted by atomic mass is 16.1. The van der Waals surface area contributed by atoms with Crippen LogP contribution in [0.2, 0.25) is 0 Å². The average molecular weight is 111 g/mol. The van der Waals surface area contributed by atoms with Gasteiger partial charge in [0.1, 0.15) is 6.07 Å². The molecule has 0 rings (SSSR count). The minimum absolute atomic E-state index is 0.245. The van der Waals surface area contributed by atoms with E-state index in [9.17, 15) is 4.79 Å². The van der Waals surface area contributed by atoms with E-state index in [1.54, 1.807) is 0 Å². The van der Waals surface area contributed by atoms with E-state index in [1.165, 1.54) is 13.0 Å². The number of carbonyl (C=O) groups is 1. The standard InChI is InChI=1S/C4H5N3O/c1-3(8)4(2-5)7-6/h6H2,1H3/b7-4+. The molecule has 0 aromatic heterocycles. The van der Waals surface area contributed by atoms with Crippen molar-refractivity contribution in [3.63, 3.8) is 0 Å². The van der Waals surface area contributed by atoms with Gasteiger partial charge in [-0.1, -0.05) is 0 Å². The number of hydrogen-bond acceptors (Lipinski definition) is 4. The Labute approximate surface area is 46.6 Å². The van der Waals surface area contributed by atoms with Gasteiger partial charge in [-0.05, 0) is 0 Å². The van der Waals surface area contributed by atoms with Crippen molar-refractivity contribution in [1.82, 2.24) is 0 Å². The number of Topliss-reactive ketones (excluding diaryl/α,β-unsaturated/α-hetero) is 1. The first-order valence-electron chi connectivity index (χ1n) is 1.91. The van der Waals surface area contributed by atoms with Gasteiger partial charge in [0, 0.05) is 6.92 Å². The monoisotopic (exact) mass is 111 g/mol. The Morgan fingerprint density at radius 2 is 2.38 bits per heavy atom. The van der Waals surface area contributed by atoms with Crippen molar-refractivity contribution in [3.8, 4) is 6.07 Å². The molecule has 0 aromatic rings. The van der Waals surface area contributed by atoms with Crippen LogP contribution in [0.3, 0.4) is 0 Å². The molecule has 4 heteroatoms. The first-order valence-corrected chi connectivity index (χ1v) is 1.91. The predicted molar refractivity (Wildman–Crippen MR) is 27.9 cm³/mol. The molecule has 0 radical (unpaired) electrons. The Hall–Kier alpha value is -1.37. The topological polar surface area (TPSA) is 79.2 Å². The maximum absolute atomic E-state index is 10.2. The van der Waals surface area contributed by atoms with Gasteiger partial charge in [-0.15, -0.1) is 0 Å². The summed E-state index contributed by atoms with van der Waals surface area (Å²) in [4.78, 5) is 10.2. The third-order valence-electron chi connectivity index (χ3n) is 0.568. The third-order valence-corrected chi connectivity index (χ3v) is 0.568. The van der Waals surface area contributed by atoms with E-state index in [0.29, 0.717) is 0 Å². The van der Waals surface area contributed by atoms with E-state index in [4.69, 9.17) is 5.26 Å². The van der Waals surface area contributed by atoms with Crippen molar-refractivity contribution < 1.29 is 4.79 Å². The number of nitriles is 1. The minimum atomic E-state index is -0.407. The lowest BCUT2D eigenvalue weighted by Gasteiger charge is -1.80. The van der Waals surface area contributed by atoms with Gasteiger partial charge in [0.2, 0.25) is 5.71 Å². The van der Waals surface area contributed by atoms with E-state index in [2.05, 4.69) is 10.9 Å². The van der Waals surface area contributed by atoms with Gasteiger partial charge >= 0.3 is 0 Å². The second-order valence-electron chi connectivity index (χ2n) is 1.15. The van der Waals surface area contributed by atoms with Crippen LogP contribution in [0.5, 0.6) is 0 Å². The third kappa shape index (κ3) is 1.39. The molecular formula is C4H5N3O. The number of rotatable bonds is 1. The molecule has 0 aliphatic heterocycles. The summed E-state index contributed by atoms with van der Waals surface area (Å²) in [6.07, 6.45) is 0. The van der Waals surface area contributed by atoms with Crippen LogP contribution in [0.25, 0.3) is 0 Å². The molecule has 0 aliphatic rings. The summed E-state index contributed by atoms with van der Waals surface area (Å²) < 4.78 is 0. The van der Waals surface area contributed by atoms with Crippen LogP contribution in [-0.2, 0) is 4.79 Å². The van der Waals surface area contributed by atoms with Crippen LogP contribution in [0.1, 0.15) is 6.92 Å². The van der Waals surface area contributed by atoms with Gasteiger partial charge in [0.25, 0.3) is 0 Å². The molecule has 8 heavy (non-hydrogen) atoms. The van der Waals surface area contributed by atoms with Crippen LogP contribution in [0.4, 0.5) is 0 Å². The molecule has 0 saturated carbocycles. The normalized spacial score (nSPS) is 10.2. The molecular weight excluding hydrogens is 106 g/mol. The highest BCUT2D eigenvalue weighted by molar-refractivity contribution is 6.45. The molecule has 0 amide bonds. The molecule has 0 fully saturated rings. The number of nitrogens with zero attached hydrogens (tertiary/aromatic N) is 2. The Morgan fingerprint density at radius 1 is 1.88 bits per heavy atom. The second-order valence-corrected chi connectivity index (χ2v) is 1.15. The smallest absolute Gasteiger partial charge is 0.202 e. The van der Waals surface area contributed by atoms with Gasteiger partial charge in [-0.2, -0.15) is 10.4 Å². The van der Waals surface area contributed by atoms with Crippen LogP contribution in [0.15, 0.2) is 5.10 Å². The van der Waals surface area contributed by atoms with Crippen molar-refractivity contribution in [1.29, 1.82) is 5.26 Å². The van der Waals surface area contributed by atoms with Crippen molar-refractivity contribution in [3.05, 3.63) is 0 Å². The molecule has 4 nitrogen and oxygen atoms in total. The molecule has 2 N–H and O–H groups in total. The predicted octanol–water partition coefficient (Wildman–Crippen LogP) is -0.586. The Bertz CT molecular complexity index is 165. The SMILES string of the molecule is CC(=O)/C(C#N)=N/N. The largest absolute Gasteiger partial charge is 0.322 e. The van der Waals surface area contributed by atoms with Gasteiger partial charge < -0.3 is 5.84 Å². The zero-order chi connectivity index (χ0) is 6.57. The number of ketones is 1. The van der Waals surface area contributed by atoms with E-state index >= 15 is 0 Å². The van der Waals surface area contributed by atoms with Gasteiger partial charge in [0.05, 0.1) is 0 Å². The van der Waals surface area contributed by atoms with Gasteiger partial charge in [0.15, 0.2) is 5.78 Å². The van der Waals surface area contributed by atoms with Gasteiger partial charge in [-0.3, -0.25) is 4.79 Å². The summed E-state index contributed by atoms with van der Waals surface area (Å²) in [6, 6.07) is 1.53. The summed E-state index contributed by atoms with van der Waals surface area (Å²) in [7, 11) is 0. The van der Waals surface area contributed by atoms with Crippen LogP contribution < -0.4 is 5.84 Å². The lowest BCUT2D eigenvalue weighted by Crippen LogP contribution is -2.08. The highest BCUT2D eigenvalue weighted by Gasteiger charge is 2.00. The lowest BCUT2D eigenvalue weighted by atomic mass is 10.3. The summed E-state index contributed by atoms with van der Waals surface area (Å²) in [5, 5.41) is 10.9. The molecule has 0 aromatic carbocycles. The molecule has 0 unspecified atom stereocenters. The molecule has 0 saturated heterocycles. The van der Waals surface area contributed by atoms with E-state index in [0.717, 1.165) is 0 Å². The summed E-state index contributed by atoms with van der Waals surface area (Å²) in [6.45, 7) is 1.23. The molecule has 0 atom stereocenters. The molecule has 0 aliphatic carbocycles. The Balaban J connectivity index is 4.20. The number of hydrogen-bond donors (Lipinski definition) is 1. The highest BCUT2D eigenvalue weighted by Crippen LogP contribution is 1.72. The first-order chi connectivity index (χ1) is 3.72. The lowest BCUT2D eigenvalue weighted by molar-refractivity contribution is -0.110. The van der Waals surface area contributed by atoms with Crippen molar-refractivity contribution in [2.75, 3.05) is 0 Å².